The Morgan fingerprint density at radius 2 is 2.09 bits per heavy atom. The first-order valence-corrected chi connectivity index (χ1v) is 15.0. The summed E-state index contributed by atoms with van der Waals surface area (Å²) in [5, 5.41) is 0.538. The van der Waals surface area contributed by atoms with Gasteiger partial charge in [0.05, 0.1) is 34.3 Å². The van der Waals surface area contributed by atoms with Gasteiger partial charge in [0.25, 0.3) is 10.0 Å². The average molecular weight is 556 g/mol. The number of nitrogens with zero attached hydrogens (tertiary/aromatic N) is 3. The third kappa shape index (κ3) is 5.07. The number of rotatable bonds is 7. The number of anilines is 1. The summed E-state index contributed by atoms with van der Waals surface area (Å²) in [6, 6.07) is 7.85. The molecule has 2 unspecified atom stereocenters. The molecule has 2 aliphatic heterocycles. The molecule has 12 heteroatoms. The molecule has 5 rings (SSSR count). The molecule has 0 radical (unpaired) electrons. The average Bonchev–Trinajstić information content (AvgIpc) is 3.62. The van der Waals surface area contributed by atoms with E-state index in [1.807, 2.05) is 18.2 Å². The van der Waals surface area contributed by atoms with Gasteiger partial charge in [0, 0.05) is 13.2 Å². The number of sulfonamides is 1. The van der Waals surface area contributed by atoms with Crippen molar-refractivity contribution in [2.24, 2.45) is 0 Å². The van der Waals surface area contributed by atoms with E-state index in [0.717, 1.165) is 40.8 Å². The number of aromatic nitrogens is 1. The van der Waals surface area contributed by atoms with Crippen molar-refractivity contribution in [1.82, 2.24) is 9.29 Å². The number of carbonyl (C=O) groups is 1. The standard InChI is InChI=1S/C23H26ClN3O5S3/c1-31-15-7-8-17-19(13-15)33-23(25-17)26(14-16-5-4-12-32-16)22(28)18-6-2-3-11-27(18)35(29,30)21-10-9-20(24)34-21/h7-10,13,16,18H,2-6,11-12,14H2,1H3. The van der Waals surface area contributed by atoms with Crippen LogP contribution < -0.4 is 9.64 Å². The van der Waals surface area contributed by atoms with Crippen molar-refractivity contribution in [3.05, 3.63) is 34.7 Å². The van der Waals surface area contributed by atoms with Crippen molar-refractivity contribution < 1.29 is 22.7 Å². The fourth-order valence-electron chi connectivity index (χ4n) is 4.56. The molecule has 2 atom stereocenters. The van der Waals surface area contributed by atoms with Crippen LogP contribution in [0.5, 0.6) is 5.75 Å². The number of benzene rings is 1. The molecule has 188 valence electrons. The van der Waals surface area contributed by atoms with Crippen molar-refractivity contribution in [3.8, 4) is 5.75 Å². The number of amides is 1. The molecule has 1 amide bonds. The Hall–Kier alpha value is -1.76. The van der Waals surface area contributed by atoms with Crippen LogP contribution in [0.15, 0.2) is 34.5 Å². The van der Waals surface area contributed by atoms with Crippen LogP contribution in [-0.2, 0) is 19.6 Å². The molecule has 2 aromatic heterocycles. The van der Waals surface area contributed by atoms with Gasteiger partial charge >= 0.3 is 0 Å². The minimum Gasteiger partial charge on any atom is -0.497 e. The van der Waals surface area contributed by atoms with Crippen LogP contribution in [0.3, 0.4) is 0 Å². The van der Waals surface area contributed by atoms with E-state index in [4.69, 9.17) is 26.1 Å². The van der Waals surface area contributed by atoms with Crippen LogP contribution in [0.4, 0.5) is 5.13 Å². The second-order valence-corrected chi connectivity index (χ2v) is 13.4. The maximum Gasteiger partial charge on any atom is 0.253 e. The quantitative estimate of drug-likeness (QED) is 0.417. The van der Waals surface area contributed by atoms with Crippen molar-refractivity contribution in [2.75, 3.05) is 31.7 Å². The lowest BCUT2D eigenvalue weighted by Crippen LogP contribution is -2.54. The number of thiazole rings is 1. The normalized spacial score (nSPS) is 21.4. The number of methoxy groups -OCH3 is 1. The van der Waals surface area contributed by atoms with Crippen LogP contribution in [0.25, 0.3) is 10.2 Å². The smallest absolute Gasteiger partial charge is 0.253 e. The predicted molar refractivity (Wildman–Crippen MR) is 138 cm³/mol. The van der Waals surface area contributed by atoms with Crippen LogP contribution in [-0.4, -0.2) is 62.6 Å². The highest BCUT2D eigenvalue weighted by Crippen LogP contribution is 2.36. The van der Waals surface area contributed by atoms with Gasteiger partial charge < -0.3 is 9.47 Å². The molecule has 0 bridgehead atoms. The van der Waals surface area contributed by atoms with Crippen LogP contribution >= 0.6 is 34.3 Å². The number of hydrogen-bond acceptors (Lipinski definition) is 8. The number of thiophene rings is 1. The molecular formula is C23H26ClN3O5S3. The monoisotopic (exact) mass is 555 g/mol. The summed E-state index contributed by atoms with van der Waals surface area (Å²) in [5.41, 5.74) is 0.761. The van der Waals surface area contributed by atoms with Crippen molar-refractivity contribution in [1.29, 1.82) is 0 Å². The zero-order valence-electron chi connectivity index (χ0n) is 19.2. The fraction of sp³-hybridized carbons (Fsp3) is 0.478. The molecule has 1 aromatic carbocycles. The van der Waals surface area contributed by atoms with Crippen molar-refractivity contribution in [2.45, 2.75) is 48.5 Å². The highest BCUT2D eigenvalue weighted by Gasteiger charge is 2.41. The van der Waals surface area contributed by atoms with Gasteiger partial charge in [-0.25, -0.2) is 13.4 Å². The topological polar surface area (TPSA) is 89.0 Å². The van der Waals surface area contributed by atoms with Gasteiger partial charge in [-0.15, -0.1) is 11.3 Å². The van der Waals surface area contributed by atoms with Gasteiger partial charge in [0.15, 0.2) is 5.13 Å². The highest BCUT2D eigenvalue weighted by atomic mass is 35.5. The molecule has 2 saturated heterocycles. The Balaban J connectivity index is 1.50. The van der Waals surface area contributed by atoms with E-state index in [1.54, 1.807) is 18.1 Å². The molecule has 0 N–H and O–H groups in total. The second-order valence-electron chi connectivity index (χ2n) is 8.60. The lowest BCUT2D eigenvalue weighted by Gasteiger charge is -2.36. The molecule has 35 heavy (non-hydrogen) atoms. The van der Waals surface area contributed by atoms with E-state index in [-0.39, 0.29) is 16.2 Å². The van der Waals surface area contributed by atoms with Crippen LogP contribution in [0.1, 0.15) is 32.1 Å². The van der Waals surface area contributed by atoms with Gasteiger partial charge in [0.1, 0.15) is 16.0 Å². The Morgan fingerprint density at radius 1 is 1.23 bits per heavy atom. The van der Waals surface area contributed by atoms with Gasteiger partial charge in [0.2, 0.25) is 5.91 Å². The van der Waals surface area contributed by atoms with Crippen LogP contribution in [0, 0.1) is 0 Å². The number of carbonyl (C=O) groups excluding carboxylic acids is 1. The maximum absolute atomic E-state index is 14.1. The van der Waals surface area contributed by atoms with E-state index < -0.39 is 16.1 Å². The van der Waals surface area contributed by atoms with E-state index in [0.29, 0.717) is 47.8 Å². The largest absolute Gasteiger partial charge is 0.497 e. The van der Waals surface area contributed by atoms with Gasteiger partial charge in [-0.1, -0.05) is 29.4 Å². The Morgan fingerprint density at radius 3 is 2.80 bits per heavy atom. The molecule has 4 heterocycles. The summed E-state index contributed by atoms with van der Waals surface area (Å²) >= 11 is 8.42. The minimum absolute atomic E-state index is 0.106. The van der Waals surface area contributed by atoms with Gasteiger partial charge in [-0.2, -0.15) is 4.31 Å². The van der Waals surface area contributed by atoms with Crippen LogP contribution in [0.2, 0.25) is 4.34 Å². The predicted octanol–water partition coefficient (Wildman–Crippen LogP) is 4.78. The minimum atomic E-state index is -3.86. The number of hydrogen-bond donors (Lipinski definition) is 0. The molecular weight excluding hydrogens is 530 g/mol. The van der Waals surface area contributed by atoms with E-state index in [2.05, 4.69) is 0 Å². The summed E-state index contributed by atoms with van der Waals surface area (Å²) < 4.78 is 40.9. The number of piperidine rings is 1. The first-order chi connectivity index (χ1) is 16.9. The van der Waals surface area contributed by atoms with E-state index >= 15 is 0 Å². The summed E-state index contributed by atoms with van der Waals surface area (Å²) in [5.74, 6) is 0.446. The van der Waals surface area contributed by atoms with Crippen molar-refractivity contribution >= 4 is 65.6 Å². The maximum atomic E-state index is 14.1. The summed E-state index contributed by atoms with van der Waals surface area (Å²) in [6.45, 7) is 1.29. The molecule has 0 spiro atoms. The highest BCUT2D eigenvalue weighted by molar-refractivity contribution is 7.91. The number of fused-ring (bicyclic) bond motifs is 1. The lowest BCUT2D eigenvalue weighted by atomic mass is 10.0. The SMILES string of the molecule is COc1ccc2nc(N(CC3CCCO3)C(=O)C3CCCCN3S(=O)(=O)c3ccc(Cl)s3)sc2c1. The Bertz CT molecular complexity index is 1320. The van der Waals surface area contributed by atoms with E-state index in [1.165, 1.54) is 21.7 Å². The first kappa shape index (κ1) is 24.9. The lowest BCUT2D eigenvalue weighted by molar-refractivity contribution is -0.123. The van der Waals surface area contributed by atoms with E-state index in [9.17, 15) is 13.2 Å². The zero-order chi connectivity index (χ0) is 24.6. The molecule has 3 aromatic rings. The molecule has 0 saturated carbocycles. The summed E-state index contributed by atoms with van der Waals surface area (Å²) in [6.07, 6.45) is 3.62. The molecule has 2 aliphatic rings. The zero-order valence-corrected chi connectivity index (χ0v) is 22.4. The Kier molecular flexibility index (Phi) is 7.34. The summed E-state index contributed by atoms with van der Waals surface area (Å²) in [4.78, 5) is 20.4. The van der Waals surface area contributed by atoms with Gasteiger partial charge in [-0.05, 0) is 56.0 Å². The third-order valence-electron chi connectivity index (χ3n) is 6.34. The summed E-state index contributed by atoms with van der Waals surface area (Å²) in [7, 11) is -2.25. The Labute approximate surface area is 217 Å². The number of halogens is 1. The molecule has 0 aliphatic carbocycles. The molecule has 2 fully saturated rings. The molecule has 8 nitrogen and oxygen atoms in total. The third-order valence-corrected chi connectivity index (χ3v) is 11.0. The van der Waals surface area contributed by atoms with Crippen molar-refractivity contribution in [3.63, 3.8) is 0 Å². The second kappa shape index (κ2) is 10.3. The van der Waals surface area contributed by atoms with Gasteiger partial charge in [-0.3, -0.25) is 9.69 Å². The number of ether oxygens (including phenoxy) is 2. The fourth-order valence-corrected chi connectivity index (χ4v) is 8.83. The first-order valence-electron chi connectivity index (χ1n) is 11.5.